The lowest BCUT2D eigenvalue weighted by molar-refractivity contribution is -0.121. The molecule has 0 aromatic carbocycles. The number of fused-ring (bicyclic) bond motifs is 1. The lowest BCUT2D eigenvalue weighted by Crippen LogP contribution is -2.50. The smallest absolute Gasteiger partial charge is 0.220 e. The molecule has 3 rings (SSSR count). The molecule has 122 valence electrons. The van der Waals surface area contributed by atoms with Gasteiger partial charge in [0, 0.05) is 37.9 Å². The molecule has 2 atom stereocenters. The average molecular weight is 304 g/mol. The molecule has 0 unspecified atom stereocenters. The molecular formula is C17H28N4O. The zero-order chi connectivity index (χ0) is 15.2. The van der Waals surface area contributed by atoms with Crippen molar-refractivity contribution >= 4 is 5.91 Å². The van der Waals surface area contributed by atoms with Crippen LogP contribution >= 0.6 is 0 Å². The Hall–Kier alpha value is -1.36. The maximum Gasteiger partial charge on any atom is 0.220 e. The minimum absolute atomic E-state index is 0.195. The Bertz CT molecular complexity index is 457. The highest BCUT2D eigenvalue weighted by atomic mass is 16.1. The molecule has 0 aliphatic carbocycles. The standard InChI is InChI=1S/C17H28N4O/c22-17(8-4-12-21-13-5-9-19-21)18-14-15-6-3-11-20-10-2-1-7-16(15)20/h5,9,13,15-16H,1-4,6-8,10-12,14H2,(H,18,22)/t15-,16-/m0/s1. The van der Waals surface area contributed by atoms with Gasteiger partial charge >= 0.3 is 0 Å². The highest BCUT2D eigenvalue weighted by molar-refractivity contribution is 5.75. The van der Waals surface area contributed by atoms with E-state index in [1.807, 2.05) is 16.9 Å². The molecule has 1 aromatic heterocycles. The Morgan fingerprint density at radius 2 is 2.14 bits per heavy atom. The molecule has 2 aliphatic heterocycles. The lowest BCUT2D eigenvalue weighted by atomic mass is 9.83. The molecular weight excluding hydrogens is 276 g/mol. The molecule has 2 aliphatic rings. The third-order valence-corrected chi connectivity index (χ3v) is 5.14. The summed E-state index contributed by atoms with van der Waals surface area (Å²) in [6, 6.07) is 2.63. The third-order valence-electron chi connectivity index (χ3n) is 5.14. The molecule has 0 bridgehead atoms. The largest absolute Gasteiger partial charge is 0.356 e. The van der Waals surface area contributed by atoms with Crippen molar-refractivity contribution in [2.45, 2.75) is 57.5 Å². The number of rotatable bonds is 6. The Kier molecular flexibility index (Phi) is 5.48. The second-order valence-electron chi connectivity index (χ2n) is 6.68. The number of hydrogen-bond donors (Lipinski definition) is 1. The van der Waals surface area contributed by atoms with Gasteiger partial charge in [0.2, 0.25) is 5.91 Å². The fourth-order valence-electron chi connectivity index (χ4n) is 3.98. The van der Waals surface area contributed by atoms with Crippen molar-refractivity contribution in [1.29, 1.82) is 0 Å². The summed E-state index contributed by atoms with van der Waals surface area (Å²) in [5.41, 5.74) is 0. The maximum atomic E-state index is 12.0. The highest BCUT2D eigenvalue weighted by Crippen LogP contribution is 2.30. The Labute approximate surface area is 133 Å². The van der Waals surface area contributed by atoms with Gasteiger partial charge in [-0.2, -0.15) is 5.10 Å². The van der Waals surface area contributed by atoms with Crippen LogP contribution in [0.5, 0.6) is 0 Å². The van der Waals surface area contributed by atoms with Crippen molar-refractivity contribution in [2.24, 2.45) is 5.92 Å². The average Bonchev–Trinajstić information content (AvgIpc) is 3.06. The first kappa shape index (κ1) is 15.5. The minimum atomic E-state index is 0.195. The number of aromatic nitrogens is 2. The van der Waals surface area contributed by atoms with Crippen LogP contribution in [0.3, 0.4) is 0 Å². The molecule has 2 saturated heterocycles. The zero-order valence-electron chi connectivity index (χ0n) is 13.4. The predicted molar refractivity (Wildman–Crippen MR) is 86.4 cm³/mol. The van der Waals surface area contributed by atoms with Crippen LogP contribution in [-0.2, 0) is 11.3 Å². The Morgan fingerprint density at radius 3 is 3.00 bits per heavy atom. The van der Waals surface area contributed by atoms with Crippen molar-refractivity contribution in [3.63, 3.8) is 0 Å². The summed E-state index contributed by atoms with van der Waals surface area (Å²) < 4.78 is 1.88. The molecule has 5 heteroatoms. The third kappa shape index (κ3) is 4.09. The van der Waals surface area contributed by atoms with Gasteiger partial charge in [-0.1, -0.05) is 6.42 Å². The molecule has 0 radical (unpaired) electrons. The van der Waals surface area contributed by atoms with Crippen LogP contribution in [0, 0.1) is 5.92 Å². The van der Waals surface area contributed by atoms with Crippen molar-refractivity contribution in [2.75, 3.05) is 19.6 Å². The Balaban J connectivity index is 1.36. The van der Waals surface area contributed by atoms with E-state index in [0.717, 1.165) is 19.5 Å². The highest BCUT2D eigenvalue weighted by Gasteiger charge is 2.32. The van der Waals surface area contributed by atoms with E-state index in [1.165, 1.54) is 45.2 Å². The van der Waals surface area contributed by atoms with Gasteiger partial charge in [-0.15, -0.1) is 0 Å². The molecule has 1 N–H and O–H groups in total. The van der Waals surface area contributed by atoms with Gasteiger partial charge < -0.3 is 10.2 Å². The van der Waals surface area contributed by atoms with E-state index in [-0.39, 0.29) is 5.91 Å². The molecule has 5 nitrogen and oxygen atoms in total. The van der Waals surface area contributed by atoms with Crippen molar-refractivity contribution < 1.29 is 4.79 Å². The fourth-order valence-corrected chi connectivity index (χ4v) is 3.98. The monoisotopic (exact) mass is 304 g/mol. The number of aryl methyl sites for hydroxylation is 1. The van der Waals surface area contributed by atoms with Gasteiger partial charge in [0.05, 0.1) is 0 Å². The van der Waals surface area contributed by atoms with E-state index in [1.54, 1.807) is 6.20 Å². The number of nitrogens with zero attached hydrogens (tertiary/aromatic N) is 3. The number of carbonyl (C=O) groups is 1. The minimum Gasteiger partial charge on any atom is -0.356 e. The molecule has 0 spiro atoms. The van der Waals surface area contributed by atoms with Crippen LogP contribution in [0.15, 0.2) is 18.5 Å². The van der Waals surface area contributed by atoms with Crippen molar-refractivity contribution in [3.05, 3.63) is 18.5 Å². The summed E-state index contributed by atoms with van der Waals surface area (Å²) >= 11 is 0. The van der Waals surface area contributed by atoms with Crippen LogP contribution in [0.4, 0.5) is 0 Å². The topological polar surface area (TPSA) is 50.2 Å². The second kappa shape index (κ2) is 7.77. The Morgan fingerprint density at radius 1 is 1.23 bits per heavy atom. The van der Waals surface area contributed by atoms with Crippen LogP contribution < -0.4 is 5.32 Å². The molecule has 2 fully saturated rings. The van der Waals surface area contributed by atoms with Gasteiger partial charge in [-0.3, -0.25) is 9.48 Å². The van der Waals surface area contributed by atoms with E-state index in [4.69, 9.17) is 0 Å². The molecule has 1 amide bonds. The molecule has 22 heavy (non-hydrogen) atoms. The van der Waals surface area contributed by atoms with E-state index in [9.17, 15) is 4.79 Å². The first-order valence-corrected chi connectivity index (χ1v) is 8.81. The summed E-state index contributed by atoms with van der Waals surface area (Å²) in [5, 5.41) is 7.33. The summed E-state index contributed by atoms with van der Waals surface area (Å²) in [5.74, 6) is 0.851. The summed E-state index contributed by atoms with van der Waals surface area (Å²) in [7, 11) is 0. The number of carbonyl (C=O) groups excluding carboxylic acids is 1. The van der Waals surface area contributed by atoms with Crippen molar-refractivity contribution in [1.82, 2.24) is 20.0 Å². The zero-order valence-corrected chi connectivity index (χ0v) is 13.4. The molecule has 3 heterocycles. The van der Waals surface area contributed by atoms with Crippen LogP contribution in [0.25, 0.3) is 0 Å². The molecule has 0 saturated carbocycles. The summed E-state index contributed by atoms with van der Waals surface area (Å²) in [6.07, 6.45) is 11.8. The summed E-state index contributed by atoms with van der Waals surface area (Å²) in [6.45, 7) is 4.21. The van der Waals surface area contributed by atoms with Crippen molar-refractivity contribution in [3.8, 4) is 0 Å². The van der Waals surface area contributed by atoms with Gasteiger partial charge in [-0.25, -0.2) is 0 Å². The van der Waals surface area contributed by atoms with Gasteiger partial charge in [-0.05, 0) is 57.2 Å². The quantitative estimate of drug-likeness (QED) is 0.875. The van der Waals surface area contributed by atoms with Gasteiger partial charge in [0.25, 0.3) is 0 Å². The number of amides is 1. The molecule has 1 aromatic rings. The maximum absolute atomic E-state index is 12.0. The van der Waals surface area contributed by atoms with Crippen LogP contribution in [0.1, 0.15) is 44.9 Å². The lowest BCUT2D eigenvalue weighted by Gasteiger charge is -2.44. The van der Waals surface area contributed by atoms with E-state index >= 15 is 0 Å². The van der Waals surface area contributed by atoms with Gasteiger partial charge in [0.15, 0.2) is 0 Å². The van der Waals surface area contributed by atoms with E-state index < -0.39 is 0 Å². The van der Waals surface area contributed by atoms with E-state index in [0.29, 0.717) is 18.4 Å². The SMILES string of the molecule is O=C(CCCn1cccn1)NC[C@@H]1CCCN2CCCC[C@@H]12. The van der Waals surface area contributed by atoms with Crippen LogP contribution in [-0.4, -0.2) is 46.3 Å². The number of nitrogens with one attached hydrogen (secondary N) is 1. The predicted octanol–water partition coefficient (Wildman–Crippen LogP) is 2.04. The van der Waals surface area contributed by atoms with Crippen LogP contribution in [0.2, 0.25) is 0 Å². The normalized spacial score (nSPS) is 25.6. The number of hydrogen-bond acceptors (Lipinski definition) is 3. The first-order valence-electron chi connectivity index (χ1n) is 8.81. The first-order chi connectivity index (χ1) is 10.8. The second-order valence-corrected chi connectivity index (χ2v) is 6.68. The summed E-state index contributed by atoms with van der Waals surface area (Å²) in [4.78, 5) is 14.7. The van der Waals surface area contributed by atoms with Gasteiger partial charge in [0.1, 0.15) is 0 Å². The van der Waals surface area contributed by atoms with E-state index in [2.05, 4.69) is 15.3 Å². The number of piperidine rings is 2. The fraction of sp³-hybridized carbons (Fsp3) is 0.765.